The van der Waals surface area contributed by atoms with E-state index in [2.05, 4.69) is 19.2 Å². The summed E-state index contributed by atoms with van der Waals surface area (Å²) in [6, 6.07) is 5.90. The third-order valence-corrected chi connectivity index (χ3v) is 3.80. The predicted octanol–water partition coefficient (Wildman–Crippen LogP) is 2.81. The van der Waals surface area contributed by atoms with E-state index in [-0.39, 0.29) is 5.82 Å². The van der Waals surface area contributed by atoms with Crippen molar-refractivity contribution in [2.45, 2.75) is 36.6 Å². The molecule has 17 heavy (non-hydrogen) atoms. The van der Waals surface area contributed by atoms with Crippen molar-refractivity contribution in [3.8, 4) is 0 Å². The highest BCUT2D eigenvalue weighted by Gasteiger charge is 2.20. The molecule has 4 heteroatoms. The lowest BCUT2D eigenvalue weighted by Gasteiger charge is -2.25. The second-order valence-electron chi connectivity index (χ2n) is 4.58. The molecule has 0 bridgehead atoms. The Labute approximate surface area is 106 Å². The molecule has 0 amide bonds. The Kier molecular flexibility index (Phi) is 4.42. The maximum Gasteiger partial charge on any atom is 0.137 e. The molecule has 1 aliphatic rings. The predicted molar refractivity (Wildman–Crippen MR) is 68.8 cm³/mol. The molecule has 1 aromatic carbocycles. The van der Waals surface area contributed by atoms with E-state index in [0.717, 1.165) is 23.7 Å². The fourth-order valence-electron chi connectivity index (χ4n) is 1.53. The van der Waals surface area contributed by atoms with Crippen LogP contribution >= 0.6 is 11.8 Å². The van der Waals surface area contributed by atoms with Crippen molar-refractivity contribution in [1.82, 2.24) is 5.32 Å². The second-order valence-corrected chi connectivity index (χ2v) is 5.92. The molecular weight excluding hydrogens is 237 g/mol. The fraction of sp³-hybridized carbons (Fsp3) is 0.538. The van der Waals surface area contributed by atoms with E-state index in [1.165, 1.54) is 0 Å². The van der Waals surface area contributed by atoms with E-state index >= 15 is 0 Å². The largest absolute Gasteiger partial charge is 0.379 e. The Hall–Kier alpha value is -0.580. The van der Waals surface area contributed by atoms with Gasteiger partial charge in [-0.2, -0.15) is 0 Å². The number of hydrogen-bond donors (Lipinski definition) is 1. The number of thioether (sulfide) groups is 1. The van der Waals surface area contributed by atoms with Crippen molar-refractivity contribution in [2.24, 2.45) is 0 Å². The van der Waals surface area contributed by atoms with E-state index in [0.29, 0.717) is 17.8 Å². The Balaban J connectivity index is 1.95. The van der Waals surface area contributed by atoms with Crippen molar-refractivity contribution in [2.75, 3.05) is 13.2 Å². The highest BCUT2D eigenvalue weighted by atomic mass is 32.2. The van der Waals surface area contributed by atoms with E-state index in [1.807, 2.05) is 12.1 Å². The Morgan fingerprint density at radius 2 is 2.24 bits per heavy atom. The van der Waals surface area contributed by atoms with Crippen molar-refractivity contribution in [3.05, 3.63) is 29.6 Å². The van der Waals surface area contributed by atoms with Crippen LogP contribution in [0.1, 0.15) is 19.4 Å². The Morgan fingerprint density at radius 3 is 2.76 bits per heavy atom. The summed E-state index contributed by atoms with van der Waals surface area (Å²) < 4.78 is 18.9. The van der Waals surface area contributed by atoms with Gasteiger partial charge in [0, 0.05) is 17.5 Å². The van der Waals surface area contributed by atoms with Crippen molar-refractivity contribution in [3.63, 3.8) is 0 Å². The first kappa shape index (κ1) is 12.9. The standard InChI is InChI=1S/C13H18FNOS/c1-9(2)15-6-10-3-4-13(12(14)5-10)17-11-7-16-8-11/h3-5,9,11,15H,6-8H2,1-2H3. The smallest absolute Gasteiger partial charge is 0.137 e. The summed E-state index contributed by atoms with van der Waals surface area (Å²) in [4.78, 5) is 0.728. The minimum absolute atomic E-state index is 0.120. The zero-order chi connectivity index (χ0) is 12.3. The lowest BCUT2D eigenvalue weighted by Crippen LogP contribution is -2.30. The van der Waals surface area contributed by atoms with Gasteiger partial charge >= 0.3 is 0 Å². The molecule has 0 saturated carbocycles. The maximum atomic E-state index is 13.8. The van der Waals surface area contributed by atoms with Crippen molar-refractivity contribution >= 4 is 11.8 Å². The number of nitrogens with one attached hydrogen (secondary N) is 1. The minimum atomic E-state index is -0.120. The highest BCUT2D eigenvalue weighted by Crippen LogP contribution is 2.30. The van der Waals surface area contributed by atoms with E-state index < -0.39 is 0 Å². The molecular formula is C13H18FNOS. The average molecular weight is 255 g/mol. The summed E-state index contributed by atoms with van der Waals surface area (Å²) >= 11 is 1.57. The van der Waals surface area contributed by atoms with Gasteiger partial charge in [0.2, 0.25) is 0 Å². The molecule has 1 fully saturated rings. The van der Waals surface area contributed by atoms with Crippen LogP contribution in [0.15, 0.2) is 23.1 Å². The molecule has 1 aliphatic heterocycles. The number of halogens is 1. The van der Waals surface area contributed by atoms with Gasteiger partial charge in [0.05, 0.1) is 18.5 Å². The van der Waals surface area contributed by atoms with Crippen LogP contribution in [-0.4, -0.2) is 24.5 Å². The zero-order valence-corrected chi connectivity index (χ0v) is 11.0. The molecule has 94 valence electrons. The van der Waals surface area contributed by atoms with Gasteiger partial charge in [-0.3, -0.25) is 0 Å². The molecule has 0 radical (unpaired) electrons. The van der Waals surface area contributed by atoms with E-state index in [9.17, 15) is 4.39 Å². The molecule has 1 saturated heterocycles. The molecule has 2 nitrogen and oxygen atoms in total. The van der Waals surface area contributed by atoms with Crippen LogP contribution in [0, 0.1) is 5.82 Å². The van der Waals surface area contributed by atoms with E-state index in [4.69, 9.17) is 4.74 Å². The summed E-state index contributed by atoms with van der Waals surface area (Å²) in [6.07, 6.45) is 0. The third-order valence-electron chi connectivity index (χ3n) is 2.61. The number of rotatable bonds is 5. The van der Waals surface area contributed by atoms with Gasteiger partial charge in [-0.15, -0.1) is 11.8 Å². The van der Waals surface area contributed by atoms with Crippen LogP contribution in [0.4, 0.5) is 4.39 Å². The maximum absolute atomic E-state index is 13.8. The van der Waals surface area contributed by atoms with Gasteiger partial charge in [-0.1, -0.05) is 19.9 Å². The summed E-state index contributed by atoms with van der Waals surface area (Å²) in [5.41, 5.74) is 0.991. The van der Waals surface area contributed by atoms with Gasteiger partial charge in [0.1, 0.15) is 5.82 Å². The van der Waals surface area contributed by atoms with Crippen LogP contribution in [0.3, 0.4) is 0 Å². The first-order valence-corrected chi connectivity index (χ1v) is 6.79. The highest BCUT2D eigenvalue weighted by molar-refractivity contribution is 8.00. The van der Waals surface area contributed by atoms with E-state index in [1.54, 1.807) is 17.8 Å². The summed E-state index contributed by atoms with van der Waals surface area (Å²) in [5.74, 6) is -0.120. The Bertz CT molecular complexity index is 380. The monoisotopic (exact) mass is 255 g/mol. The Morgan fingerprint density at radius 1 is 1.47 bits per heavy atom. The number of ether oxygens (including phenoxy) is 1. The van der Waals surface area contributed by atoms with Crippen molar-refractivity contribution < 1.29 is 9.13 Å². The normalized spacial score (nSPS) is 16.2. The molecule has 0 atom stereocenters. The summed E-state index contributed by atoms with van der Waals surface area (Å²) in [5, 5.41) is 3.70. The van der Waals surface area contributed by atoms with Crippen LogP contribution in [0.5, 0.6) is 0 Å². The van der Waals surface area contributed by atoms with Gasteiger partial charge in [0.15, 0.2) is 0 Å². The molecule has 1 aromatic rings. The van der Waals surface area contributed by atoms with Crippen LogP contribution < -0.4 is 5.32 Å². The molecule has 1 heterocycles. The summed E-state index contributed by atoms with van der Waals surface area (Å²) in [7, 11) is 0. The van der Waals surface area contributed by atoms with Crippen molar-refractivity contribution in [1.29, 1.82) is 0 Å². The van der Waals surface area contributed by atoms with Crippen LogP contribution in [0.2, 0.25) is 0 Å². The first-order valence-electron chi connectivity index (χ1n) is 5.91. The van der Waals surface area contributed by atoms with Gasteiger partial charge < -0.3 is 10.1 Å². The number of benzene rings is 1. The van der Waals surface area contributed by atoms with Crippen LogP contribution in [-0.2, 0) is 11.3 Å². The molecule has 0 aliphatic carbocycles. The molecule has 0 aromatic heterocycles. The van der Waals surface area contributed by atoms with Gasteiger partial charge in [0.25, 0.3) is 0 Å². The third kappa shape index (κ3) is 3.69. The van der Waals surface area contributed by atoms with Gasteiger partial charge in [-0.25, -0.2) is 4.39 Å². The minimum Gasteiger partial charge on any atom is -0.379 e. The molecule has 0 spiro atoms. The topological polar surface area (TPSA) is 21.3 Å². The quantitative estimate of drug-likeness (QED) is 0.874. The molecule has 2 rings (SSSR count). The SMILES string of the molecule is CC(C)NCc1ccc(SC2COC2)c(F)c1. The van der Waals surface area contributed by atoms with Crippen LogP contribution in [0.25, 0.3) is 0 Å². The first-order chi connectivity index (χ1) is 8.15. The lowest BCUT2D eigenvalue weighted by molar-refractivity contribution is 0.0455. The summed E-state index contributed by atoms with van der Waals surface area (Å²) in [6.45, 7) is 6.35. The lowest BCUT2D eigenvalue weighted by atomic mass is 10.2. The average Bonchev–Trinajstić information content (AvgIpc) is 2.22. The molecule has 1 N–H and O–H groups in total. The second kappa shape index (κ2) is 5.85. The van der Waals surface area contributed by atoms with Gasteiger partial charge in [-0.05, 0) is 17.7 Å². The molecule has 0 unspecified atom stereocenters. The number of hydrogen-bond acceptors (Lipinski definition) is 3. The fourth-order valence-corrected chi connectivity index (χ4v) is 2.54. The zero-order valence-electron chi connectivity index (χ0n) is 10.2.